The van der Waals surface area contributed by atoms with Crippen molar-refractivity contribution in [2.75, 3.05) is 6.16 Å². The topological polar surface area (TPSA) is 34.1 Å². The van der Waals surface area contributed by atoms with E-state index in [1.165, 1.54) is 0 Å². The standard InChI is InChI=1S/C24H32O2P/c1-16-12-18(3)22(19(4)13-16)23(25)20-10-8-9-11-21(20)27(26)15-17(2)14-24(5,6)7/h8-13,17H,14-15H2,1-7H3/q+1. The molecule has 2 nitrogen and oxygen atoms in total. The summed E-state index contributed by atoms with van der Waals surface area (Å²) in [7, 11) is -1.61. The van der Waals surface area contributed by atoms with Crippen molar-refractivity contribution in [3.8, 4) is 0 Å². The van der Waals surface area contributed by atoms with Crippen molar-refractivity contribution in [2.45, 2.75) is 54.9 Å². The maximum atomic E-state index is 13.3. The first-order chi connectivity index (χ1) is 12.5. The lowest BCUT2D eigenvalue weighted by atomic mass is 9.86. The predicted octanol–water partition coefficient (Wildman–Crippen LogP) is 6.37. The van der Waals surface area contributed by atoms with Crippen LogP contribution in [0.1, 0.15) is 66.7 Å². The Hall–Kier alpha value is -1.79. The summed E-state index contributed by atoms with van der Waals surface area (Å²) in [6.07, 6.45) is 1.63. The van der Waals surface area contributed by atoms with Crippen LogP contribution in [-0.2, 0) is 4.57 Å². The van der Waals surface area contributed by atoms with Gasteiger partial charge in [0.05, 0.1) is 5.56 Å². The molecule has 27 heavy (non-hydrogen) atoms. The Labute approximate surface area is 165 Å². The molecule has 2 unspecified atom stereocenters. The van der Waals surface area contributed by atoms with Crippen LogP contribution in [0.5, 0.6) is 0 Å². The molecule has 0 bridgehead atoms. The quantitative estimate of drug-likeness (QED) is 0.429. The Morgan fingerprint density at radius 3 is 2.15 bits per heavy atom. The first-order valence-corrected chi connectivity index (χ1v) is 11.1. The summed E-state index contributed by atoms with van der Waals surface area (Å²) in [5.74, 6) is 0.326. The minimum absolute atomic E-state index is 0.0209. The van der Waals surface area contributed by atoms with Gasteiger partial charge in [-0.2, -0.15) is 0 Å². The van der Waals surface area contributed by atoms with E-state index in [0.717, 1.165) is 28.7 Å². The zero-order valence-corrected chi connectivity index (χ0v) is 18.6. The molecule has 2 aromatic rings. The third-order valence-electron chi connectivity index (χ3n) is 4.76. The first kappa shape index (κ1) is 21.5. The van der Waals surface area contributed by atoms with E-state index in [1.807, 2.05) is 57.2 Å². The molecule has 0 radical (unpaired) electrons. The number of carbonyl (C=O) groups is 1. The lowest BCUT2D eigenvalue weighted by Gasteiger charge is -2.20. The summed E-state index contributed by atoms with van der Waals surface area (Å²) in [4.78, 5) is 13.3. The maximum Gasteiger partial charge on any atom is 0.377 e. The van der Waals surface area contributed by atoms with Crippen molar-refractivity contribution in [1.82, 2.24) is 0 Å². The van der Waals surface area contributed by atoms with Gasteiger partial charge in [-0.3, -0.25) is 4.79 Å². The number of benzene rings is 2. The van der Waals surface area contributed by atoms with E-state index in [0.29, 0.717) is 22.9 Å². The first-order valence-electron chi connectivity index (χ1n) is 9.66. The monoisotopic (exact) mass is 383 g/mol. The molecular weight excluding hydrogens is 351 g/mol. The normalized spacial score (nSPS) is 13.4. The van der Waals surface area contributed by atoms with Crippen molar-refractivity contribution in [2.24, 2.45) is 11.3 Å². The average molecular weight is 383 g/mol. The van der Waals surface area contributed by atoms with E-state index in [2.05, 4.69) is 27.7 Å². The summed E-state index contributed by atoms with van der Waals surface area (Å²) < 4.78 is 13.1. The van der Waals surface area contributed by atoms with Gasteiger partial charge in [0.1, 0.15) is 0 Å². The van der Waals surface area contributed by atoms with Gasteiger partial charge in [0.15, 0.2) is 11.9 Å². The molecule has 2 atom stereocenters. The fourth-order valence-electron chi connectivity index (χ4n) is 4.05. The molecule has 0 fully saturated rings. The smallest absolute Gasteiger partial charge is 0.288 e. The molecule has 0 heterocycles. The molecule has 0 aliphatic heterocycles. The summed E-state index contributed by atoms with van der Waals surface area (Å²) >= 11 is 0. The molecule has 0 amide bonds. The molecule has 2 rings (SSSR count). The molecule has 0 aromatic heterocycles. The fraction of sp³-hybridized carbons (Fsp3) is 0.458. The molecule has 2 aromatic carbocycles. The average Bonchev–Trinajstić information content (AvgIpc) is 2.51. The Balaban J connectivity index is 2.36. The minimum atomic E-state index is -1.61. The lowest BCUT2D eigenvalue weighted by Crippen LogP contribution is -2.18. The number of rotatable bonds is 6. The van der Waals surface area contributed by atoms with Crippen LogP contribution < -0.4 is 5.30 Å². The van der Waals surface area contributed by atoms with Gasteiger partial charge < -0.3 is 0 Å². The third-order valence-corrected chi connectivity index (χ3v) is 6.64. The number of carbonyl (C=O) groups excluding carboxylic acids is 1. The van der Waals surface area contributed by atoms with Crippen LogP contribution in [0.15, 0.2) is 36.4 Å². The fourth-order valence-corrected chi connectivity index (χ4v) is 5.64. The van der Waals surface area contributed by atoms with E-state index < -0.39 is 7.80 Å². The van der Waals surface area contributed by atoms with Crippen LogP contribution in [0, 0.1) is 32.1 Å². The second-order valence-electron chi connectivity index (χ2n) is 9.05. The number of hydrogen-bond acceptors (Lipinski definition) is 2. The summed E-state index contributed by atoms with van der Waals surface area (Å²) in [5, 5.41) is 0.692. The Bertz CT molecular complexity index is 836. The van der Waals surface area contributed by atoms with Crippen LogP contribution in [0.25, 0.3) is 0 Å². The number of ketones is 1. The van der Waals surface area contributed by atoms with Gasteiger partial charge in [-0.25, -0.2) is 0 Å². The zero-order valence-electron chi connectivity index (χ0n) is 17.7. The molecule has 144 valence electrons. The molecular formula is C24H32O2P+. The highest BCUT2D eigenvalue weighted by Crippen LogP contribution is 2.32. The lowest BCUT2D eigenvalue weighted by molar-refractivity contribution is 0.103. The van der Waals surface area contributed by atoms with Gasteiger partial charge in [0, 0.05) is 11.5 Å². The van der Waals surface area contributed by atoms with Gasteiger partial charge in [-0.1, -0.05) is 62.1 Å². The van der Waals surface area contributed by atoms with Crippen molar-refractivity contribution in [3.63, 3.8) is 0 Å². The second kappa shape index (κ2) is 8.48. The second-order valence-corrected chi connectivity index (χ2v) is 10.7. The number of hydrogen-bond donors (Lipinski definition) is 0. The summed E-state index contributed by atoms with van der Waals surface area (Å²) in [5.41, 5.74) is 4.63. The van der Waals surface area contributed by atoms with Crippen molar-refractivity contribution < 1.29 is 9.36 Å². The van der Waals surface area contributed by atoms with Crippen LogP contribution >= 0.6 is 7.80 Å². The molecule has 3 heteroatoms. The summed E-state index contributed by atoms with van der Waals surface area (Å²) in [6.45, 7) is 14.8. The highest BCUT2D eigenvalue weighted by molar-refractivity contribution is 7.53. The van der Waals surface area contributed by atoms with Crippen molar-refractivity contribution >= 4 is 18.9 Å². The maximum absolute atomic E-state index is 13.3. The van der Waals surface area contributed by atoms with Crippen molar-refractivity contribution in [3.05, 3.63) is 64.2 Å². The molecule has 0 saturated carbocycles. The largest absolute Gasteiger partial charge is 0.377 e. The SMILES string of the molecule is Cc1cc(C)c(C(=O)c2ccccc2[P+](=O)CC(C)CC(C)(C)C)c(C)c1. The Morgan fingerprint density at radius 2 is 1.59 bits per heavy atom. The van der Waals surface area contributed by atoms with E-state index >= 15 is 0 Å². The van der Waals surface area contributed by atoms with Crippen LogP contribution in [-0.4, -0.2) is 11.9 Å². The predicted molar refractivity (Wildman–Crippen MR) is 116 cm³/mol. The van der Waals surface area contributed by atoms with E-state index in [4.69, 9.17) is 0 Å². The summed E-state index contributed by atoms with van der Waals surface area (Å²) in [6, 6.07) is 11.5. The number of aryl methyl sites for hydroxylation is 3. The van der Waals surface area contributed by atoms with E-state index in [1.54, 1.807) is 0 Å². The Kier molecular flexibility index (Phi) is 6.76. The molecule has 0 N–H and O–H groups in total. The molecule has 0 aliphatic carbocycles. The van der Waals surface area contributed by atoms with Gasteiger partial charge in [-0.05, 0) is 55.9 Å². The zero-order chi connectivity index (χ0) is 20.4. The highest BCUT2D eigenvalue weighted by Gasteiger charge is 2.31. The third kappa shape index (κ3) is 5.59. The van der Waals surface area contributed by atoms with Gasteiger partial charge in [0.25, 0.3) is 0 Å². The van der Waals surface area contributed by atoms with Crippen molar-refractivity contribution in [1.29, 1.82) is 0 Å². The highest BCUT2D eigenvalue weighted by atomic mass is 31.1. The van der Waals surface area contributed by atoms with E-state index in [9.17, 15) is 9.36 Å². The van der Waals surface area contributed by atoms with Crippen LogP contribution in [0.4, 0.5) is 0 Å². The van der Waals surface area contributed by atoms with E-state index in [-0.39, 0.29) is 11.2 Å². The minimum Gasteiger partial charge on any atom is -0.288 e. The molecule has 0 saturated heterocycles. The van der Waals surface area contributed by atoms with Gasteiger partial charge in [-0.15, -0.1) is 0 Å². The van der Waals surface area contributed by atoms with Crippen LogP contribution in [0.3, 0.4) is 0 Å². The van der Waals surface area contributed by atoms with Gasteiger partial charge >= 0.3 is 7.80 Å². The molecule has 0 aliphatic rings. The van der Waals surface area contributed by atoms with Gasteiger partial charge in [0.2, 0.25) is 5.30 Å². The Morgan fingerprint density at radius 1 is 1.04 bits per heavy atom. The van der Waals surface area contributed by atoms with Crippen LogP contribution in [0.2, 0.25) is 0 Å². The molecule has 0 spiro atoms.